The number of anilines is 1. The Kier molecular flexibility index (Phi) is 4.02. The highest BCUT2D eigenvalue weighted by Crippen LogP contribution is 2.25. The van der Waals surface area contributed by atoms with Gasteiger partial charge in [0.25, 0.3) is 0 Å². The molecule has 94 valence electrons. The lowest BCUT2D eigenvalue weighted by atomic mass is 9.85. The van der Waals surface area contributed by atoms with Gasteiger partial charge >= 0.3 is 0 Å². The summed E-state index contributed by atoms with van der Waals surface area (Å²) >= 11 is 1.68. The second kappa shape index (κ2) is 5.51. The number of rotatable bonds is 4. The number of nitrogens with one attached hydrogen (secondary N) is 1. The standard InChI is InChI=1S/C12H19N3OS/c13-10-5-6-17-11(10)7-15-9-3-1-8(2-4-9)12(14)16/h5-6,8-9,15H,1-4,7,13H2,(H2,14,16). The van der Waals surface area contributed by atoms with Crippen molar-refractivity contribution < 1.29 is 4.79 Å². The summed E-state index contributed by atoms with van der Waals surface area (Å²) in [6.07, 6.45) is 3.87. The highest BCUT2D eigenvalue weighted by Gasteiger charge is 2.24. The van der Waals surface area contributed by atoms with E-state index in [4.69, 9.17) is 11.5 Å². The minimum atomic E-state index is -0.147. The van der Waals surface area contributed by atoms with E-state index in [2.05, 4.69) is 5.32 Å². The van der Waals surface area contributed by atoms with Crippen LogP contribution in [0, 0.1) is 5.92 Å². The van der Waals surface area contributed by atoms with Crippen LogP contribution in [0.15, 0.2) is 11.4 Å². The highest BCUT2D eigenvalue weighted by atomic mass is 32.1. The molecule has 17 heavy (non-hydrogen) atoms. The summed E-state index contributed by atoms with van der Waals surface area (Å²) < 4.78 is 0. The summed E-state index contributed by atoms with van der Waals surface area (Å²) in [6.45, 7) is 0.829. The van der Waals surface area contributed by atoms with Crippen molar-refractivity contribution in [2.24, 2.45) is 11.7 Å². The van der Waals surface area contributed by atoms with Crippen LogP contribution in [0.25, 0.3) is 0 Å². The maximum Gasteiger partial charge on any atom is 0.220 e. The van der Waals surface area contributed by atoms with Crippen molar-refractivity contribution in [2.75, 3.05) is 5.73 Å². The van der Waals surface area contributed by atoms with Crippen molar-refractivity contribution in [1.82, 2.24) is 5.32 Å². The second-order valence-electron chi connectivity index (χ2n) is 4.63. The molecule has 1 heterocycles. The van der Waals surface area contributed by atoms with Crippen molar-refractivity contribution in [3.63, 3.8) is 0 Å². The first-order valence-electron chi connectivity index (χ1n) is 6.01. The van der Waals surface area contributed by atoms with Crippen LogP contribution in [-0.4, -0.2) is 11.9 Å². The third kappa shape index (κ3) is 3.20. The highest BCUT2D eigenvalue weighted by molar-refractivity contribution is 7.10. The first kappa shape index (κ1) is 12.4. The van der Waals surface area contributed by atoms with Crippen molar-refractivity contribution in [3.05, 3.63) is 16.3 Å². The van der Waals surface area contributed by atoms with Gasteiger partial charge in [-0.15, -0.1) is 11.3 Å². The topological polar surface area (TPSA) is 81.1 Å². The third-order valence-electron chi connectivity index (χ3n) is 3.46. The third-order valence-corrected chi connectivity index (χ3v) is 4.40. The Morgan fingerprint density at radius 3 is 2.65 bits per heavy atom. The van der Waals surface area contributed by atoms with E-state index in [-0.39, 0.29) is 11.8 Å². The fourth-order valence-electron chi connectivity index (χ4n) is 2.31. The Morgan fingerprint density at radius 2 is 2.12 bits per heavy atom. The summed E-state index contributed by atoms with van der Waals surface area (Å²) in [7, 11) is 0. The van der Waals surface area contributed by atoms with E-state index >= 15 is 0 Å². The lowest BCUT2D eigenvalue weighted by Gasteiger charge is -2.27. The summed E-state index contributed by atoms with van der Waals surface area (Å²) in [5.74, 6) is -0.0641. The molecule has 1 amide bonds. The van der Waals surface area contributed by atoms with E-state index < -0.39 is 0 Å². The lowest BCUT2D eigenvalue weighted by molar-refractivity contribution is -0.122. The number of hydrogen-bond acceptors (Lipinski definition) is 4. The van der Waals surface area contributed by atoms with Gasteiger partial charge in [-0.1, -0.05) is 0 Å². The number of carbonyl (C=O) groups is 1. The summed E-state index contributed by atoms with van der Waals surface area (Å²) in [4.78, 5) is 12.2. The van der Waals surface area contributed by atoms with Crippen LogP contribution in [0.2, 0.25) is 0 Å². The zero-order chi connectivity index (χ0) is 12.3. The number of carbonyl (C=O) groups excluding carboxylic acids is 1. The van der Waals surface area contributed by atoms with Crippen LogP contribution >= 0.6 is 11.3 Å². The molecular formula is C12H19N3OS. The molecule has 1 aromatic heterocycles. The molecular weight excluding hydrogens is 234 g/mol. The van der Waals surface area contributed by atoms with Gasteiger partial charge in [-0.2, -0.15) is 0 Å². The number of primary amides is 1. The Bertz CT molecular complexity index is 383. The molecule has 0 unspecified atom stereocenters. The van der Waals surface area contributed by atoms with Crippen molar-refractivity contribution >= 4 is 22.9 Å². The molecule has 1 fully saturated rings. The molecule has 0 aromatic carbocycles. The quantitative estimate of drug-likeness (QED) is 0.760. The van der Waals surface area contributed by atoms with Crippen LogP contribution in [0.5, 0.6) is 0 Å². The molecule has 2 rings (SSSR count). The minimum Gasteiger partial charge on any atom is -0.398 e. The largest absolute Gasteiger partial charge is 0.398 e. The Labute approximate surface area is 105 Å². The first-order chi connectivity index (χ1) is 8.16. The fourth-order valence-corrected chi connectivity index (χ4v) is 3.06. The number of nitrogen functional groups attached to an aromatic ring is 1. The average Bonchev–Trinajstić information content (AvgIpc) is 2.73. The van der Waals surface area contributed by atoms with Gasteiger partial charge in [0.05, 0.1) is 0 Å². The summed E-state index contributed by atoms with van der Waals surface area (Å²) in [5, 5.41) is 5.51. The Balaban J connectivity index is 1.75. The van der Waals surface area contributed by atoms with E-state index in [9.17, 15) is 4.79 Å². The zero-order valence-electron chi connectivity index (χ0n) is 9.82. The zero-order valence-corrected chi connectivity index (χ0v) is 10.6. The normalized spacial score (nSPS) is 24.7. The van der Waals surface area contributed by atoms with E-state index in [1.165, 1.54) is 4.88 Å². The van der Waals surface area contributed by atoms with Crippen LogP contribution < -0.4 is 16.8 Å². The SMILES string of the molecule is NC(=O)C1CCC(NCc2sccc2N)CC1. The number of thiophene rings is 1. The van der Waals surface area contributed by atoms with Crippen molar-refractivity contribution in [1.29, 1.82) is 0 Å². The molecule has 0 spiro atoms. The molecule has 4 nitrogen and oxygen atoms in total. The molecule has 0 bridgehead atoms. The van der Waals surface area contributed by atoms with Crippen molar-refractivity contribution in [2.45, 2.75) is 38.3 Å². The predicted octanol–water partition coefficient (Wildman–Crippen LogP) is 1.46. The molecule has 0 radical (unpaired) electrons. The summed E-state index contributed by atoms with van der Waals surface area (Å²) in [6, 6.07) is 2.43. The predicted molar refractivity (Wildman–Crippen MR) is 70.5 cm³/mol. The van der Waals surface area contributed by atoms with Crippen LogP contribution in [0.4, 0.5) is 5.69 Å². The maximum absolute atomic E-state index is 11.0. The molecule has 1 saturated carbocycles. The second-order valence-corrected chi connectivity index (χ2v) is 5.63. The monoisotopic (exact) mass is 253 g/mol. The molecule has 0 atom stereocenters. The van der Waals surface area contributed by atoms with Gasteiger partial charge in [-0.25, -0.2) is 0 Å². The fraction of sp³-hybridized carbons (Fsp3) is 0.583. The number of amides is 1. The molecule has 1 aliphatic carbocycles. The average molecular weight is 253 g/mol. The van der Waals surface area contributed by atoms with Gasteiger partial charge < -0.3 is 16.8 Å². The van der Waals surface area contributed by atoms with E-state index in [0.29, 0.717) is 6.04 Å². The van der Waals surface area contributed by atoms with E-state index in [1.807, 2.05) is 11.4 Å². The smallest absolute Gasteiger partial charge is 0.220 e. The van der Waals surface area contributed by atoms with Crippen LogP contribution in [0.1, 0.15) is 30.6 Å². The number of nitrogens with two attached hydrogens (primary N) is 2. The molecule has 1 aromatic rings. The maximum atomic E-state index is 11.0. The van der Waals surface area contributed by atoms with Gasteiger partial charge in [0.2, 0.25) is 5.91 Å². The molecule has 5 N–H and O–H groups in total. The number of hydrogen-bond donors (Lipinski definition) is 3. The van der Waals surface area contributed by atoms with Gasteiger partial charge in [-0.05, 0) is 37.1 Å². The Morgan fingerprint density at radius 1 is 1.41 bits per heavy atom. The van der Waals surface area contributed by atoms with Gasteiger partial charge in [0.1, 0.15) is 0 Å². The molecule has 1 aliphatic rings. The van der Waals surface area contributed by atoms with Crippen molar-refractivity contribution in [3.8, 4) is 0 Å². The van der Waals surface area contributed by atoms with Crippen LogP contribution in [0.3, 0.4) is 0 Å². The van der Waals surface area contributed by atoms with E-state index in [1.54, 1.807) is 11.3 Å². The van der Waals surface area contributed by atoms with Gasteiger partial charge in [-0.3, -0.25) is 4.79 Å². The molecule has 5 heteroatoms. The molecule has 0 aliphatic heterocycles. The van der Waals surface area contributed by atoms with E-state index in [0.717, 1.165) is 37.9 Å². The first-order valence-corrected chi connectivity index (χ1v) is 6.89. The van der Waals surface area contributed by atoms with Gasteiger partial charge in [0.15, 0.2) is 0 Å². The molecule has 0 saturated heterocycles. The minimum absolute atomic E-state index is 0.0832. The van der Waals surface area contributed by atoms with Gasteiger partial charge in [0, 0.05) is 29.1 Å². The van der Waals surface area contributed by atoms with Crippen LogP contribution in [-0.2, 0) is 11.3 Å². The lowest BCUT2D eigenvalue weighted by Crippen LogP contribution is -2.36. The summed E-state index contributed by atoms with van der Waals surface area (Å²) in [5.41, 5.74) is 12.0. The Hall–Kier alpha value is -1.07.